The summed E-state index contributed by atoms with van der Waals surface area (Å²) in [6.45, 7) is 0.0989. The monoisotopic (exact) mass is 531 g/mol. The van der Waals surface area contributed by atoms with Gasteiger partial charge < -0.3 is 15.4 Å². The number of carbonyl (C=O) groups is 2. The molecule has 3 aromatic rings. The molecule has 1 saturated carbocycles. The molecule has 33 heavy (non-hydrogen) atoms. The molecule has 1 aliphatic carbocycles. The molecule has 2 aromatic carbocycles. The third-order valence-electron chi connectivity index (χ3n) is 5.46. The van der Waals surface area contributed by atoms with Gasteiger partial charge in [0.2, 0.25) is 0 Å². The van der Waals surface area contributed by atoms with Gasteiger partial charge in [-0.1, -0.05) is 34.1 Å². The van der Waals surface area contributed by atoms with Gasteiger partial charge in [0.1, 0.15) is 17.3 Å². The van der Waals surface area contributed by atoms with Crippen LogP contribution in [0.1, 0.15) is 51.5 Å². The summed E-state index contributed by atoms with van der Waals surface area (Å²) in [5.41, 5.74) is 0.954. The Morgan fingerprint density at radius 2 is 1.73 bits per heavy atom. The van der Waals surface area contributed by atoms with Crippen LogP contribution in [0.2, 0.25) is 0 Å². The highest BCUT2D eigenvalue weighted by atomic mass is 79.9. The minimum Gasteiger partial charge on any atom is -0.483 e. The lowest BCUT2D eigenvalue weighted by molar-refractivity contribution is 0.0889. The Kier molecular flexibility index (Phi) is 7.72. The fraction of sp³-hybridized carbons (Fsp3) is 0.292. The number of thiazole rings is 1. The first-order valence-corrected chi connectivity index (χ1v) is 12.3. The predicted octanol–water partition coefficient (Wildman–Crippen LogP) is 5.09. The van der Waals surface area contributed by atoms with Crippen LogP contribution in [0.4, 0.5) is 4.39 Å². The molecule has 9 heteroatoms. The molecule has 1 aromatic heterocycles. The number of hydrogen-bond donors (Lipinski definition) is 2. The van der Waals surface area contributed by atoms with E-state index in [2.05, 4.69) is 31.5 Å². The number of halogens is 2. The van der Waals surface area contributed by atoms with Gasteiger partial charge in [-0.25, -0.2) is 9.37 Å². The Bertz CT molecular complexity index is 1130. The van der Waals surface area contributed by atoms with Crippen molar-refractivity contribution in [2.75, 3.05) is 0 Å². The molecule has 172 valence electrons. The van der Waals surface area contributed by atoms with E-state index in [4.69, 9.17) is 4.74 Å². The summed E-state index contributed by atoms with van der Waals surface area (Å²) in [5.74, 6) is -0.598. The summed E-state index contributed by atoms with van der Waals surface area (Å²) >= 11 is 4.68. The number of amides is 2. The molecule has 2 N–H and O–H groups in total. The van der Waals surface area contributed by atoms with Gasteiger partial charge >= 0.3 is 0 Å². The fourth-order valence-electron chi connectivity index (χ4n) is 3.72. The van der Waals surface area contributed by atoms with Crippen LogP contribution in [0.15, 0.2) is 58.4 Å². The summed E-state index contributed by atoms with van der Waals surface area (Å²) < 4.78 is 20.0. The van der Waals surface area contributed by atoms with Crippen LogP contribution < -0.4 is 15.4 Å². The van der Waals surface area contributed by atoms with E-state index in [0.717, 1.165) is 30.2 Å². The molecule has 0 spiro atoms. The van der Waals surface area contributed by atoms with Gasteiger partial charge in [0.05, 0.1) is 0 Å². The Morgan fingerprint density at radius 1 is 1.03 bits per heavy atom. The summed E-state index contributed by atoms with van der Waals surface area (Å²) in [5, 5.41) is 8.39. The standard InChI is InChI=1S/C24H23BrFN3O3S/c25-16-5-3-4-15(12-16)23(30)27-17-8-10-18(11-9-17)28-24(31)20-14-33-22(29-20)13-32-21-7-2-1-6-19(21)26/h1-7,12,14,17-18H,8-11,13H2,(H,27,30)(H,28,31). The first kappa shape index (κ1) is 23.4. The van der Waals surface area contributed by atoms with Gasteiger partial charge in [-0.15, -0.1) is 11.3 Å². The number of nitrogens with one attached hydrogen (secondary N) is 2. The predicted molar refractivity (Wildman–Crippen MR) is 128 cm³/mol. The molecule has 1 heterocycles. The quantitative estimate of drug-likeness (QED) is 0.444. The zero-order valence-electron chi connectivity index (χ0n) is 17.7. The van der Waals surface area contributed by atoms with Gasteiger partial charge in [0.25, 0.3) is 11.8 Å². The molecular formula is C24H23BrFN3O3S. The van der Waals surface area contributed by atoms with Gasteiger partial charge in [0.15, 0.2) is 11.6 Å². The van der Waals surface area contributed by atoms with E-state index in [-0.39, 0.29) is 36.3 Å². The van der Waals surface area contributed by atoms with E-state index in [1.165, 1.54) is 17.4 Å². The molecule has 0 saturated heterocycles. The van der Waals surface area contributed by atoms with Gasteiger partial charge in [-0.3, -0.25) is 9.59 Å². The summed E-state index contributed by atoms with van der Waals surface area (Å²) in [6.07, 6.45) is 3.15. The highest BCUT2D eigenvalue weighted by Crippen LogP contribution is 2.21. The van der Waals surface area contributed by atoms with Gasteiger partial charge in [-0.2, -0.15) is 0 Å². The molecular weight excluding hydrogens is 509 g/mol. The number of carbonyl (C=O) groups excluding carboxylic acids is 2. The van der Waals surface area contributed by atoms with Crippen LogP contribution in [-0.4, -0.2) is 28.9 Å². The highest BCUT2D eigenvalue weighted by Gasteiger charge is 2.25. The van der Waals surface area contributed by atoms with Crippen LogP contribution in [-0.2, 0) is 6.61 Å². The minimum atomic E-state index is -0.435. The summed E-state index contributed by atoms with van der Waals surface area (Å²) in [6, 6.07) is 13.6. The van der Waals surface area contributed by atoms with Crippen molar-refractivity contribution in [2.24, 2.45) is 0 Å². The molecule has 0 unspecified atom stereocenters. The van der Waals surface area contributed by atoms with Crippen molar-refractivity contribution < 1.29 is 18.7 Å². The van der Waals surface area contributed by atoms with E-state index in [0.29, 0.717) is 16.3 Å². The second-order valence-corrected chi connectivity index (χ2v) is 9.71. The van der Waals surface area contributed by atoms with Crippen LogP contribution in [0.25, 0.3) is 0 Å². The number of aromatic nitrogens is 1. The Labute approximate surface area is 203 Å². The number of benzene rings is 2. The second-order valence-electron chi connectivity index (χ2n) is 7.85. The molecule has 2 amide bonds. The van der Waals surface area contributed by atoms with Crippen molar-refractivity contribution in [3.05, 3.63) is 80.5 Å². The first-order chi connectivity index (χ1) is 16.0. The lowest BCUT2D eigenvalue weighted by Crippen LogP contribution is -2.43. The lowest BCUT2D eigenvalue weighted by Gasteiger charge is -2.29. The average Bonchev–Trinajstić information content (AvgIpc) is 3.29. The molecule has 0 bridgehead atoms. The smallest absolute Gasteiger partial charge is 0.270 e. The largest absolute Gasteiger partial charge is 0.483 e. The van der Waals surface area contributed by atoms with Crippen molar-refractivity contribution in [2.45, 2.75) is 44.4 Å². The van der Waals surface area contributed by atoms with Crippen molar-refractivity contribution in [1.82, 2.24) is 15.6 Å². The van der Waals surface area contributed by atoms with Crippen LogP contribution >= 0.6 is 27.3 Å². The maximum absolute atomic E-state index is 13.7. The van der Waals surface area contributed by atoms with E-state index in [1.807, 2.05) is 12.1 Å². The maximum atomic E-state index is 13.7. The third-order valence-corrected chi connectivity index (χ3v) is 6.77. The normalized spacial score (nSPS) is 17.9. The first-order valence-electron chi connectivity index (χ1n) is 10.7. The van der Waals surface area contributed by atoms with Crippen molar-refractivity contribution in [3.8, 4) is 5.75 Å². The lowest BCUT2D eigenvalue weighted by atomic mass is 9.91. The Morgan fingerprint density at radius 3 is 2.42 bits per heavy atom. The second kappa shape index (κ2) is 10.9. The van der Waals surface area contributed by atoms with Crippen molar-refractivity contribution in [3.63, 3.8) is 0 Å². The number of rotatable bonds is 7. The minimum absolute atomic E-state index is 0.0383. The van der Waals surface area contributed by atoms with Crippen LogP contribution in [0.3, 0.4) is 0 Å². The molecule has 0 aliphatic heterocycles. The summed E-state index contributed by atoms with van der Waals surface area (Å²) in [4.78, 5) is 29.3. The summed E-state index contributed by atoms with van der Waals surface area (Å²) in [7, 11) is 0. The molecule has 4 rings (SSSR count). The van der Waals surface area contributed by atoms with E-state index >= 15 is 0 Å². The zero-order valence-corrected chi connectivity index (χ0v) is 20.1. The molecule has 1 aliphatic rings. The van der Waals surface area contributed by atoms with E-state index in [1.54, 1.807) is 35.7 Å². The van der Waals surface area contributed by atoms with Crippen molar-refractivity contribution in [1.29, 1.82) is 0 Å². The fourth-order valence-corrected chi connectivity index (χ4v) is 4.81. The van der Waals surface area contributed by atoms with Gasteiger partial charge in [0, 0.05) is 27.5 Å². The van der Waals surface area contributed by atoms with Gasteiger partial charge in [-0.05, 0) is 56.0 Å². The molecule has 0 radical (unpaired) electrons. The molecule has 6 nitrogen and oxygen atoms in total. The molecule has 1 fully saturated rings. The zero-order chi connectivity index (χ0) is 23.2. The van der Waals surface area contributed by atoms with E-state index < -0.39 is 5.82 Å². The number of para-hydroxylation sites is 1. The highest BCUT2D eigenvalue weighted by molar-refractivity contribution is 9.10. The van der Waals surface area contributed by atoms with Crippen LogP contribution in [0.5, 0.6) is 5.75 Å². The molecule has 0 atom stereocenters. The number of hydrogen-bond acceptors (Lipinski definition) is 5. The number of nitrogens with zero attached hydrogens (tertiary/aromatic N) is 1. The maximum Gasteiger partial charge on any atom is 0.270 e. The Hall–Kier alpha value is -2.78. The third kappa shape index (κ3) is 6.39. The topological polar surface area (TPSA) is 80.3 Å². The SMILES string of the molecule is O=C(NC1CCC(NC(=O)c2csc(COc3ccccc3F)n2)CC1)c1cccc(Br)c1. The van der Waals surface area contributed by atoms with Crippen LogP contribution in [0, 0.1) is 5.82 Å². The Balaban J connectivity index is 1.22. The van der Waals surface area contributed by atoms with Crippen molar-refractivity contribution >= 4 is 39.1 Å². The average molecular weight is 532 g/mol. The number of ether oxygens (including phenoxy) is 1. The van der Waals surface area contributed by atoms with E-state index in [9.17, 15) is 14.0 Å².